The van der Waals surface area contributed by atoms with Gasteiger partial charge in [0.1, 0.15) is 5.69 Å². The highest BCUT2D eigenvalue weighted by molar-refractivity contribution is 6.31. The van der Waals surface area contributed by atoms with Crippen molar-refractivity contribution in [2.45, 2.75) is 6.92 Å². The summed E-state index contributed by atoms with van der Waals surface area (Å²) in [6.45, 7) is 1.94. The summed E-state index contributed by atoms with van der Waals surface area (Å²) in [5, 5.41) is 5.55. The maximum atomic E-state index is 5.85. The van der Waals surface area contributed by atoms with Crippen molar-refractivity contribution in [1.82, 2.24) is 5.16 Å². The normalized spacial score (nSPS) is 11.5. The molecule has 0 aliphatic heterocycles. The van der Waals surface area contributed by atoms with Crippen molar-refractivity contribution in [3.8, 4) is 0 Å². The molecule has 0 unspecified atom stereocenters. The molecule has 0 saturated heterocycles. The van der Waals surface area contributed by atoms with Gasteiger partial charge in [-0.05, 0) is 31.2 Å². The van der Waals surface area contributed by atoms with Gasteiger partial charge in [0.05, 0.1) is 5.39 Å². The van der Waals surface area contributed by atoms with Gasteiger partial charge < -0.3 is 4.52 Å². The first-order chi connectivity index (χ1) is 6.31. The Bertz CT molecular complexity index is 459. The van der Waals surface area contributed by atoms with Crippen molar-refractivity contribution in [1.29, 1.82) is 0 Å². The van der Waals surface area contributed by atoms with Crippen LogP contribution in [0.4, 0.5) is 0 Å². The van der Waals surface area contributed by atoms with E-state index in [0.29, 0.717) is 5.02 Å². The van der Waals surface area contributed by atoms with Crippen LogP contribution in [-0.2, 0) is 0 Å². The van der Waals surface area contributed by atoms with Gasteiger partial charge in [0.15, 0.2) is 5.58 Å². The maximum absolute atomic E-state index is 5.85. The van der Waals surface area contributed by atoms with Gasteiger partial charge in [-0.2, -0.15) is 0 Å². The zero-order valence-corrected chi connectivity index (χ0v) is 7.88. The summed E-state index contributed by atoms with van der Waals surface area (Å²) >= 11 is 5.85. The minimum absolute atomic E-state index is 0.696. The van der Waals surface area contributed by atoms with Crippen LogP contribution in [0.1, 0.15) is 12.6 Å². The smallest absolute Gasteiger partial charge is 0.167 e. The number of aromatic nitrogens is 1. The molecule has 2 nitrogen and oxygen atoms in total. The summed E-state index contributed by atoms with van der Waals surface area (Å²) in [5.41, 5.74) is 1.58. The average Bonchev–Trinajstić information content (AvgIpc) is 2.49. The lowest BCUT2D eigenvalue weighted by Gasteiger charge is -1.88. The molecule has 0 fully saturated rings. The maximum Gasteiger partial charge on any atom is 0.167 e. The Morgan fingerprint density at radius 2 is 2.31 bits per heavy atom. The largest absolute Gasteiger partial charge is 0.356 e. The predicted molar refractivity (Wildman–Crippen MR) is 53.7 cm³/mol. The van der Waals surface area contributed by atoms with Crippen LogP contribution in [0.25, 0.3) is 17.0 Å². The van der Waals surface area contributed by atoms with Crippen LogP contribution in [0.2, 0.25) is 5.02 Å². The van der Waals surface area contributed by atoms with E-state index in [9.17, 15) is 0 Å². The van der Waals surface area contributed by atoms with E-state index < -0.39 is 0 Å². The van der Waals surface area contributed by atoms with Crippen LogP contribution >= 0.6 is 11.6 Å². The number of hydrogen-bond donors (Lipinski definition) is 0. The average molecular weight is 194 g/mol. The summed E-state index contributed by atoms with van der Waals surface area (Å²) in [6, 6.07) is 5.45. The monoisotopic (exact) mass is 193 g/mol. The van der Waals surface area contributed by atoms with Crippen molar-refractivity contribution >= 4 is 28.6 Å². The van der Waals surface area contributed by atoms with E-state index >= 15 is 0 Å². The van der Waals surface area contributed by atoms with E-state index in [-0.39, 0.29) is 0 Å². The van der Waals surface area contributed by atoms with Gasteiger partial charge >= 0.3 is 0 Å². The Labute approximate surface area is 80.8 Å². The molecular formula is C10H8ClNO. The molecule has 66 valence electrons. The van der Waals surface area contributed by atoms with Crippen molar-refractivity contribution in [2.75, 3.05) is 0 Å². The molecule has 0 aliphatic carbocycles. The van der Waals surface area contributed by atoms with Gasteiger partial charge in [-0.25, -0.2) is 0 Å². The molecule has 1 aromatic carbocycles. The Morgan fingerprint density at radius 3 is 3.08 bits per heavy atom. The third kappa shape index (κ3) is 1.45. The molecule has 1 heterocycles. The second-order valence-corrected chi connectivity index (χ2v) is 3.14. The van der Waals surface area contributed by atoms with Crippen LogP contribution in [0.3, 0.4) is 0 Å². The highest BCUT2D eigenvalue weighted by Gasteiger charge is 2.04. The summed E-state index contributed by atoms with van der Waals surface area (Å²) in [5.74, 6) is 0. The molecule has 0 bridgehead atoms. The summed E-state index contributed by atoms with van der Waals surface area (Å²) in [4.78, 5) is 0. The number of benzene rings is 1. The van der Waals surface area contributed by atoms with Crippen molar-refractivity contribution in [3.63, 3.8) is 0 Å². The molecule has 2 aromatic rings. The summed E-state index contributed by atoms with van der Waals surface area (Å²) in [6.07, 6.45) is 3.81. The molecule has 0 radical (unpaired) electrons. The van der Waals surface area contributed by atoms with Crippen molar-refractivity contribution in [3.05, 3.63) is 35.0 Å². The standard InChI is InChI=1S/C10H8ClNO/c1-2-3-9-8-6-7(11)4-5-10(8)13-12-9/h2-6H,1H3. The molecule has 0 amide bonds. The van der Waals surface area contributed by atoms with E-state index in [0.717, 1.165) is 16.7 Å². The fraction of sp³-hybridized carbons (Fsp3) is 0.100. The van der Waals surface area contributed by atoms with Crippen LogP contribution < -0.4 is 0 Å². The molecule has 1 aromatic heterocycles. The number of hydrogen-bond acceptors (Lipinski definition) is 2. The SMILES string of the molecule is CC=Cc1noc2ccc(Cl)cc12. The molecule has 0 saturated carbocycles. The number of fused-ring (bicyclic) bond motifs is 1. The van der Waals surface area contributed by atoms with Crippen LogP contribution in [0.15, 0.2) is 28.8 Å². The Hall–Kier alpha value is -1.28. The molecule has 0 spiro atoms. The fourth-order valence-corrected chi connectivity index (χ4v) is 1.38. The lowest BCUT2D eigenvalue weighted by atomic mass is 10.2. The third-order valence-corrected chi connectivity index (χ3v) is 2.02. The minimum atomic E-state index is 0.696. The Morgan fingerprint density at radius 1 is 1.46 bits per heavy atom. The van der Waals surface area contributed by atoms with E-state index in [1.54, 1.807) is 6.07 Å². The zero-order chi connectivity index (χ0) is 9.26. The van der Waals surface area contributed by atoms with E-state index in [1.807, 2.05) is 31.2 Å². The lowest BCUT2D eigenvalue weighted by Crippen LogP contribution is -1.70. The number of rotatable bonds is 1. The molecule has 0 atom stereocenters. The van der Waals surface area contributed by atoms with Crippen LogP contribution in [0.5, 0.6) is 0 Å². The molecule has 0 aliphatic rings. The van der Waals surface area contributed by atoms with E-state index in [4.69, 9.17) is 16.1 Å². The molecule has 2 rings (SSSR count). The highest BCUT2D eigenvalue weighted by Crippen LogP contribution is 2.23. The second kappa shape index (κ2) is 3.23. The van der Waals surface area contributed by atoms with Gasteiger partial charge in [-0.15, -0.1) is 0 Å². The first-order valence-electron chi connectivity index (χ1n) is 3.99. The molecule has 0 N–H and O–H groups in total. The quantitative estimate of drug-likeness (QED) is 0.693. The Kier molecular flexibility index (Phi) is 2.07. The highest BCUT2D eigenvalue weighted by atomic mass is 35.5. The fourth-order valence-electron chi connectivity index (χ4n) is 1.21. The minimum Gasteiger partial charge on any atom is -0.356 e. The predicted octanol–water partition coefficient (Wildman–Crippen LogP) is 3.51. The van der Waals surface area contributed by atoms with Gasteiger partial charge in [-0.1, -0.05) is 22.8 Å². The third-order valence-electron chi connectivity index (χ3n) is 1.78. The first kappa shape index (κ1) is 8.32. The molecule has 13 heavy (non-hydrogen) atoms. The number of halogens is 1. The van der Waals surface area contributed by atoms with Crippen molar-refractivity contribution in [2.24, 2.45) is 0 Å². The molecular weight excluding hydrogens is 186 g/mol. The van der Waals surface area contributed by atoms with Crippen molar-refractivity contribution < 1.29 is 4.52 Å². The first-order valence-corrected chi connectivity index (χ1v) is 4.36. The zero-order valence-electron chi connectivity index (χ0n) is 7.12. The molecule has 3 heteroatoms. The van der Waals surface area contributed by atoms with Gasteiger partial charge in [0, 0.05) is 5.02 Å². The lowest BCUT2D eigenvalue weighted by molar-refractivity contribution is 0.454. The Balaban J connectivity index is 2.71. The van der Waals surface area contributed by atoms with Gasteiger partial charge in [0.25, 0.3) is 0 Å². The van der Waals surface area contributed by atoms with E-state index in [1.165, 1.54) is 0 Å². The van der Waals surface area contributed by atoms with Crippen LogP contribution in [0, 0.1) is 0 Å². The summed E-state index contributed by atoms with van der Waals surface area (Å²) < 4.78 is 5.10. The van der Waals surface area contributed by atoms with Gasteiger partial charge in [-0.3, -0.25) is 0 Å². The van der Waals surface area contributed by atoms with Crippen LogP contribution in [-0.4, -0.2) is 5.16 Å². The topological polar surface area (TPSA) is 26.0 Å². The van der Waals surface area contributed by atoms with Gasteiger partial charge in [0.2, 0.25) is 0 Å². The number of nitrogens with zero attached hydrogens (tertiary/aromatic N) is 1. The van der Waals surface area contributed by atoms with E-state index in [2.05, 4.69) is 5.16 Å². The summed E-state index contributed by atoms with van der Waals surface area (Å²) in [7, 11) is 0. The number of allylic oxidation sites excluding steroid dienone is 1. The second-order valence-electron chi connectivity index (χ2n) is 2.71.